The van der Waals surface area contributed by atoms with E-state index in [1.54, 1.807) is 82.7 Å². The SMILES string of the molecule is C/C=C/OCC.CCO/C=C(\C)C(=O)C(Cl)(Cl)Cl.CCOC(=O)c1c(C)cnn1-c1ccccc1OC.COc1ccccc1-n1ncc(C)c1C(=O)O.COc1ccccc1NN.O=C(Cl)C(Cl)(Cl)Cl.[Na+].[OH-].c1ccncc1. The molecule has 0 aliphatic heterocycles. The number of anilines is 1. The molecule has 428 valence electrons. The van der Waals surface area contributed by atoms with E-state index in [0.717, 1.165) is 23.6 Å². The number of benzene rings is 3. The molecule has 0 saturated heterocycles. The smallest absolute Gasteiger partial charge is 0.870 e. The van der Waals surface area contributed by atoms with Crippen LogP contribution in [0, 0.1) is 13.8 Å². The van der Waals surface area contributed by atoms with Crippen molar-refractivity contribution in [1.29, 1.82) is 0 Å². The number of carbonyl (C=O) groups excluding carboxylic acids is 3. The van der Waals surface area contributed by atoms with Gasteiger partial charge in [0.25, 0.3) is 12.8 Å². The van der Waals surface area contributed by atoms with Gasteiger partial charge in [-0.3, -0.25) is 20.4 Å². The number of aryl methyl sites for hydroxylation is 2. The van der Waals surface area contributed by atoms with E-state index < -0.39 is 24.6 Å². The molecule has 0 spiro atoms. The molecule has 0 atom stereocenters. The van der Waals surface area contributed by atoms with Gasteiger partial charge >= 0.3 is 41.5 Å². The first-order valence-electron chi connectivity index (χ1n) is 22.6. The number of halogens is 7. The maximum atomic E-state index is 12.0. The summed E-state index contributed by atoms with van der Waals surface area (Å²) in [5.74, 6) is 5.22. The molecular weight excluding hydrogens is 1190 g/mol. The first-order valence-corrected chi connectivity index (χ1v) is 25.2. The third kappa shape index (κ3) is 30.2. The van der Waals surface area contributed by atoms with Crippen molar-refractivity contribution >= 4 is 110 Å². The monoisotopic (exact) mass is 1250 g/mol. The van der Waals surface area contributed by atoms with Crippen LogP contribution in [0.4, 0.5) is 5.69 Å². The number of aromatic carboxylic acids is 1. The molecule has 0 radical (unpaired) electrons. The third-order valence-corrected chi connectivity index (χ3v) is 10.3. The number of alkyl halides is 6. The van der Waals surface area contributed by atoms with Crippen LogP contribution < -0.4 is 55.0 Å². The van der Waals surface area contributed by atoms with E-state index in [4.69, 9.17) is 121 Å². The van der Waals surface area contributed by atoms with Crippen LogP contribution in [0.25, 0.3) is 11.4 Å². The zero-order valence-corrected chi connectivity index (χ0v) is 52.6. The van der Waals surface area contributed by atoms with E-state index in [9.17, 15) is 19.2 Å². The molecule has 27 heteroatoms. The van der Waals surface area contributed by atoms with Gasteiger partial charge in [0, 0.05) is 29.1 Å². The van der Waals surface area contributed by atoms with Crippen LogP contribution in [0.3, 0.4) is 0 Å². The number of para-hydroxylation sites is 6. The molecule has 5 N–H and O–H groups in total. The summed E-state index contributed by atoms with van der Waals surface area (Å²) in [6.07, 6.45) is 11.5. The number of methoxy groups -OCH3 is 3. The number of carboxylic acids is 1. The number of Topliss-reactive ketones (excluding diaryl/α,β-unsaturated/α-hetero) is 1. The van der Waals surface area contributed by atoms with E-state index in [1.165, 1.54) is 31.2 Å². The number of ether oxygens (including phenoxy) is 6. The summed E-state index contributed by atoms with van der Waals surface area (Å²) in [7, 11) is 4.73. The Hall–Kier alpha value is -5.26. The molecule has 0 bridgehead atoms. The number of pyridine rings is 1. The second kappa shape index (κ2) is 43.5. The number of nitrogens with zero attached hydrogens (tertiary/aromatic N) is 5. The van der Waals surface area contributed by atoms with Crippen molar-refractivity contribution in [2.45, 2.75) is 56.1 Å². The molecule has 3 aromatic heterocycles. The molecule has 3 heterocycles. The molecule has 0 fully saturated rings. The maximum absolute atomic E-state index is 12.0. The van der Waals surface area contributed by atoms with Crippen LogP contribution in [0.1, 0.15) is 66.7 Å². The number of carboxylic acid groups (broad SMARTS) is 1. The Morgan fingerprint density at radius 3 is 1.43 bits per heavy atom. The van der Waals surface area contributed by atoms with Gasteiger partial charge in [0.2, 0.25) is 5.78 Å². The van der Waals surface area contributed by atoms with Gasteiger partial charge in [0.15, 0.2) is 11.4 Å². The van der Waals surface area contributed by atoms with Crippen molar-refractivity contribution in [3.63, 3.8) is 0 Å². The number of esters is 1. The predicted octanol–water partition coefficient (Wildman–Crippen LogP) is 9.69. The number of rotatable bonds is 14. The summed E-state index contributed by atoms with van der Waals surface area (Å²) in [4.78, 5) is 47.9. The zero-order valence-electron chi connectivity index (χ0n) is 45.3. The first-order chi connectivity index (χ1) is 36.5. The molecule has 0 aliphatic rings. The van der Waals surface area contributed by atoms with Crippen molar-refractivity contribution in [1.82, 2.24) is 24.5 Å². The number of allylic oxidation sites excluding steroid dienone is 2. The molecule has 0 unspecified atom stereocenters. The van der Waals surface area contributed by atoms with E-state index >= 15 is 0 Å². The van der Waals surface area contributed by atoms with Gasteiger partial charge in [-0.05, 0) is 109 Å². The van der Waals surface area contributed by atoms with E-state index in [2.05, 4.69) is 20.6 Å². The summed E-state index contributed by atoms with van der Waals surface area (Å²) in [6, 6.07) is 27.7. The van der Waals surface area contributed by atoms with Crippen LogP contribution in [-0.4, -0.2) is 107 Å². The largest absolute Gasteiger partial charge is 1.00 e. The van der Waals surface area contributed by atoms with Crippen LogP contribution in [0.5, 0.6) is 17.2 Å². The number of ketones is 1. The normalized spacial score (nSPS) is 10.1. The zero-order chi connectivity index (χ0) is 58.6. The fourth-order valence-electron chi connectivity index (χ4n) is 5.30. The van der Waals surface area contributed by atoms with Gasteiger partial charge in [-0.25, -0.2) is 19.0 Å². The number of nitrogen functional groups attached to an aromatic ring is 1. The van der Waals surface area contributed by atoms with Crippen molar-refractivity contribution in [2.24, 2.45) is 5.84 Å². The number of hydrazine groups is 1. The van der Waals surface area contributed by atoms with Crippen LogP contribution in [0.2, 0.25) is 0 Å². The fraction of sp³-hybridized carbons (Fsp3) is 0.288. The van der Waals surface area contributed by atoms with Crippen LogP contribution in [-0.2, 0) is 23.8 Å². The Morgan fingerprint density at radius 2 is 1.10 bits per heavy atom. The fourth-order valence-corrected chi connectivity index (χ4v) is 5.74. The summed E-state index contributed by atoms with van der Waals surface area (Å²) in [5.41, 5.74) is 6.88. The summed E-state index contributed by atoms with van der Waals surface area (Å²) < 4.78 is 29.3. The Balaban J connectivity index is -0.000000887. The van der Waals surface area contributed by atoms with Crippen molar-refractivity contribution in [3.8, 4) is 28.6 Å². The van der Waals surface area contributed by atoms with Gasteiger partial charge in [-0.1, -0.05) is 118 Å². The molecule has 79 heavy (non-hydrogen) atoms. The second-order valence-corrected chi connectivity index (χ2v) is 19.1. The van der Waals surface area contributed by atoms with E-state index in [0.29, 0.717) is 47.3 Å². The number of hydrogen-bond acceptors (Lipinski definition) is 16. The quantitative estimate of drug-likeness (QED) is 0.0134. The Labute approximate surface area is 517 Å². The Kier molecular flexibility index (Phi) is 43.0. The van der Waals surface area contributed by atoms with Gasteiger partial charge in [-0.15, -0.1) is 0 Å². The molecule has 0 saturated carbocycles. The van der Waals surface area contributed by atoms with E-state index in [-0.39, 0.29) is 52.3 Å². The molecule has 6 aromatic rings. The third-order valence-electron chi connectivity index (χ3n) is 8.70. The summed E-state index contributed by atoms with van der Waals surface area (Å²) >= 11 is 35.5. The standard InChI is InChI=1S/C14H16N2O3.C12H12N2O3.C7H9Cl3O2.C7H10N2O.C5H5N.C5H10O.C2Cl4O.Na.H2O/c1-4-19-14(17)13-10(2)9-15-16(13)11-7-5-6-8-12(11)18-3;1-8-7-13-14(11(8)12(15)16)9-5-3-4-6-10(9)17-2;1-3-12-4-5(2)6(11)7(8,9)10;1-10-7-5-3-2-4-6(7)9-8;1-2-4-6-5-3-1;1-3-5-6-4-2;3-1(7)2(4,5)6;;/h5-9H,4H2,1-3H3;3-7H,1-2H3,(H,15,16);4H,3H2,1-2H3;2-5,9H,8H2,1H3;1-5H;3,5H,4H2,1-2H3;;;1H2/q;;;;;;;+1;/p-1/b;;5-4+;;;5-3+;;;. The number of aromatic nitrogens is 5. The average Bonchev–Trinajstić information content (AvgIpc) is 4.02. The van der Waals surface area contributed by atoms with Gasteiger partial charge < -0.3 is 44.4 Å². The van der Waals surface area contributed by atoms with Gasteiger partial charge in [0.05, 0.1) is 71.8 Å². The van der Waals surface area contributed by atoms with Crippen LogP contribution in [0.15, 0.2) is 140 Å². The minimum absolute atomic E-state index is 0. The summed E-state index contributed by atoms with van der Waals surface area (Å²) in [5, 5.41) is 16.5. The predicted molar refractivity (Wildman–Crippen MR) is 308 cm³/mol. The number of hydrogen-bond donors (Lipinski definition) is 3. The Bertz CT molecular complexity index is 2690. The van der Waals surface area contributed by atoms with Crippen molar-refractivity contribution in [2.75, 3.05) is 46.6 Å². The van der Waals surface area contributed by atoms with E-state index in [1.807, 2.05) is 99.6 Å². The second-order valence-electron chi connectivity index (χ2n) is 14.2. The first kappa shape index (κ1) is 78.0. The molecule has 6 rings (SSSR count). The van der Waals surface area contributed by atoms with Gasteiger partial charge in [0.1, 0.15) is 28.6 Å². The maximum Gasteiger partial charge on any atom is 1.00 e. The minimum atomic E-state index is -1.96. The molecule has 0 amide bonds. The molecular formula is C52H63Cl7N7NaO12. The van der Waals surface area contributed by atoms with Gasteiger partial charge in [-0.2, -0.15) is 10.2 Å². The Morgan fingerprint density at radius 1 is 0.671 bits per heavy atom. The molecule has 19 nitrogen and oxygen atoms in total. The van der Waals surface area contributed by atoms with Crippen molar-refractivity contribution < 1.29 is 87.7 Å². The minimum Gasteiger partial charge on any atom is -0.870 e. The summed E-state index contributed by atoms with van der Waals surface area (Å²) in [6.45, 7) is 14.1. The number of nitrogens with two attached hydrogens (primary N) is 1. The number of nitrogens with one attached hydrogen (secondary N) is 1. The topological polar surface area (TPSA) is 260 Å². The van der Waals surface area contributed by atoms with Crippen LogP contribution >= 0.6 is 81.2 Å². The van der Waals surface area contributed by atoms with Crippen molar-refractivity contribution in [3.05, 3.63) is 162 Å². The molecule has 0 aliphatic carbocycles. The average molecular weight is 1250 g/mol. The number of carbonyl (C=O) groups is 4. The molecule has 3 aromatic carbocycles.